The van der Waals surface area contributed by atoms with Gasteiger partial charge >= 0.3 is 0 Å². The molecule has 0 bridgehead atoms. The van der Waals surface area contributed by atoms with Gasteiger partial charge in [-0.3, -0.25) is 4.90 Å². The summed E-state index contributed by atoms with van der Waals surface area (Å²) in [5.41, 5.74) is 7.75. The van der Waals surface area contributed by atoms with Crippen molar-refractivity contribution in [1.82, 2.24) is 4.90 Å². The molecule has 0 spiro atoms. The highest BCUT2D eigenvalue weighted by Gasteiger charge is 2.35. The summed E-state index contributed by atoms with van der Waals surface area (Å²) in [5, 5.41) is 0. The highest BCUT2D eigenvalue weighted by Crippen LogP contribution is 2.32. The monoisotopic (exact) mass is 291 g/mol. The second kappa shape index (κ2) is 5.93. The highest BCUT2D eigenvalue weighted by molar-refractivity contribution is 5.56. The number of hydrogen-bond donors (Lipinski definition) is 1. The van der Waals surface area contributed by atoms with E-state index >= 15 is 0 Å². The summed E-state index contributed by atoms with van der Waals surface area (Å²) in [7, 11) is 0. The fourth-order valence-corrected chi connectivity index (χ4v) is 3.86. The number of anilines is 1. The molecule has 0 amide bonds. The van der Waals surface area contributed by atoms with Crippen LogP contribution in [-0.4, -0.2) is 42.7 Å². The maximum Gasteiger partial charge on any atom is 0.128 e. The van der Waals surface area contributed by atoms with Crippen molar-refractivity contribution >= 4 is 5.69 Å². The fraction of sp³-hybridized carbons (Fsp3) is 0.647. The van der Waals surface area contributed by atoms with E-state index in [2.05, 4.69) is 22.8 Å². The van der Waals surface area contributed by atoms with Crippen molar-refractivity contribution in [2.24, 2.45) is 5.73 Å². The lowest BCUT2D eigenvalue weighted by Crippen LogP contribution is -2.55. The Hall–Kier alpha value is -1.13. The zero-order chi connectivity index (χ0) is 15.0. The molecule has 0 aliphatic carbocycles. The standard InChI is InChI=1S/C17H26FN3/c1-12(19)9-15-16(18)6-3-7-17(15)21-11-14-5-4-8-20(14)10-13(21)2/h3,6-7,12-14H,4-5,8-11,19H2,1-2H3. The molecular weight excluding hydrogens is 265 g/mol. The van der Waals surface area contributed by atoms with Gasteiger partial charge in [-0.15, -0.1) is 0 Å². The summed E-state index contributed by atoms with van der Waals surface area (Å²) >= 11 is 0. The first-order valence-electron chi connectivity index (χ1n) is 8.10. The maximum absolute atomic E-state index is 14.3. The average Bonchev–Trinajstić information content (AvgIpc) is 2.87. The lowest BCUT2D eigenvalue weighted by atomic mass is 10.0. The molecule has 2 fully saturated rings. The van der Waals surface area contributed by atoms with Gasteiger partial charge in [-0.05, 0) is 51.8 Å². The van der Waals surface area contributed by atoms with Crippen LogP contribution in [0.25, 0.3) is 0 Å². The van der Waals surface area contributed by atoms with Gasteiger partial charge in [-0.25, -0.2) is 4.39 Å². The fourth-order valence-electron chi connectivity index (χ4n) is 3.86. The van der Waals surface area contributed by atoms with E-state index in [-0.39, 0.29) is 11.9 Å². The molecule has 2 heterocycles. The van der Waals surface area contributed by atoms with Crippen molar-refractivity contribution in [3.05, 3.63) is 29.6 Å². The molecule has 1 aromatic carbocycles. The largest absolute Gasteiger partial charge is 0.366 e. The summed E-state index contributed by atoms with van der Waals surface area (Å²) in [4.78, 5) is 4.99. The Bertz CT molecular complexity index is 503. The summed E-state index contributed by atoms with van der Waals surface area (Å²) in [6.45, 7) is 7.50. The minimum atomic E-state index is -0.120. The number of halogens is 1. The number of nitrogens with two attached hydrogens (primary N) is 1. The third-order valence-corrected chi connectivity index (χ3v) is 4.87. The highest BCUT2D eigenvalue weighted by atomic mass is 19.1. The molecule has 3 unspecified atom stereocenters. The minimum absolute atomic E-state index is 0.0243. The SMILES string of the molecule is CC(N)Cc1c(F)cccc1N1CC2CCCN2CC1C. The van der Waals surface area contributed by atoms with E-state index in [1.807, 2.05) is 13.0 Å². The van der Waals surface area contributed by atoms with Crippen LogP contribution in [-0.2, 0) is 6.42 Å². The minimum Gasteiger partial charge on any atom is -0.366 e. The molecule has 4 heteroatoms. The van der Waals surface area contributed by atoms with Crippen LogP contribution in [0.1, 0.15) is 32.3 Å². The van der Waals surface area contributed by atoms with Crippen LogP contribution < -0.4 is 10.6 Å². The molecule has 116 valence electrons. The molecule has 2 saturated heterocycles. The van der Waals surface area contributed by atoms with Crippen molar-refractivity contribution in [3.8, 4) is 0 Å². The van der Waals surface area contributed by atoms with E-state index < -0.39 is 0 Å². The Morgan fingerprint density at radius 1 is 1.38 bits per heavy atom. The number of benzene rings is 1. The van der Waals surface area contributed by atoms with Crippen molar-refractivity contribution in [2.45, 2.75) is 51.2 Å². The maximum atomic E-state index is 14.3. The number of fused-ring (bicyclic) bond motifs is 1. The van der Waals surface area contributed by atoms with Crippen LogP contribution in [0.5, 0.6) is 0 Å². The number of rotatable bonds is 3. The molecule has 0 saturated carbocycles. The Labute approximate surface area is 126 Å². The van der Waals surface area contributed by atoms with Gasteiger partial charge in [-0.1, -0.05) is 6.07 Å². The Kier molecular flexibility index (Phi) is 4.18. The first kappa shape index (κ1) is 14.8. The Morgan fingerprint density at radius 3 is 2.95 bits per heavy atom. The third kappa shape index (κ3) is 2.92. The molecule has 21 heavy (non-hydrogen) atoms. The molecule has 3 atom stereocenters. The van der Waals surface area contributed by atoms with Gasteiger partial charge in [0.15, 0.2) is 0 Å². The number of nitrogens with zero attached hydrogens (tertiary/aromatic N) is 2. The Balaban J connectivity index is 1.90. The molecule has 2 aliphatic heterocycles. The van der Waals surface area contributed by atoms with Crippen LogP contribution in [0.4, 0.5) is 10.1 Å². The van der Waals surface area contributed by atoms with Gasteiger partial charge in [0.2, 0.25) is 0 Å². The van der Waals surface area contributed by atoms with E-state index in [9.17, 15) is 4.39 Å². The number of piperazine rings is 1. The van der Waals surface area contributed by atoms with E-state index in [0.29, 0.717) is 18.5 Å². The smallest absolute Gasteiger partial charge is 0.128 e. The second-order valence-corrected chi connectivity index (χ2v) is 6.71. The lowest BCUT2D eigenvalue weighted by Gasteiger charge is -2.44. The van der Waals surface area contributed by atoms with Crippen molar-refractivity contribution < 1.29 is 4.39 Å². The normalized spacial score (nSPS) is 27.7. The van der Waals surface area contributed by atoms with E-state index in [4.69, 9.17) is 5.73 Å². The van der Waals surface area contributed by atoms with Crippen LogP contribution >= 0.6 is 0 Å². The quantitative estimate of drug-likeness (QED) is 0.928. The predicted molar refractivity (Wildman–Crippen MR) is 85.2 cm³/mol. The summed E-state index contributed by atoms with van der Waals surface area (Å²) in [6.07, 6.45) is 3.15. The summed E-state index contributed by atoms with van der Waals surface area (Å²) in [6, 6.07) is 6.47. The molecule has 1 aromatic rings. The zero-order valence-corrected chi connectivity index (χ0v) is 13.1. The van der Waals surface area contributed by atoms with E-state index in [0.717, 1.165) is 24.3 Å². The van der Waals surface area contributed by atoms with Crippen LogP contribution in [0.3, 0.4) is 0 Å². The van der Waals surface area contributed by atoms with E-state index in [1.54, 1.807) is 6.07 Å². The first-order chi connectivity index (χ1) is 10.1. The van der Waals surface area contributed by atoms with E-state index in [1.165, 1.54) is 19.4 Å². The van der Waals surface area contributed by atoms with Gasteiger partial charge < -0.3 is 10.6 Å². The van der Waals surface area contributed by atoms with Gasteiger partial charge in [0.05, 0.1) is 0 Å². The van der Waals surface area contributed by atoms with Gasteiger partial charge in [-0.2, -0.15) is 0 Å². The van der Waals surface area contributed by atoms with Crippen LogP contribution in [0, 0.1) is 5.82 Å². The Morgan fingerprint density at radius 2 is 2.19 bits per heavy atom. The zero-order valence-electron chi connectivity index (χ0n) is 13.1. The molecule has 0 aromatic heterocycles. The molecule has 3 rings (SSSR count). The van der Waals surface area contributed by atoms with Crippen molar-refractivity contribution in [3.63, 3.8) is 0 Å². The topological polar surface area (TPSA) is 32.5 Å². The van der Waals surface area contributed by atoms with Crippen molar-refractivity contribution in [2.75, 3.05) is 24.5 Å². The van der Waals surface area contributed by atoms with Crippen LogP contribution in [0.15, 0.2) is 18.2 Å². The van der Waals surface area contributed by atoms with Crippen molar-refractivity contribution in [1.29, 1.82) is 0 Å². The molecule has 0 radical (unpaired) electrons. The third-order valence-electron chi connectivity index (χ3n) is 4.87. The molecule has 3 nitrogen and oxygen atoms in total. The van der Waals surface area contributed by atoms with Gasteiger partial charge in [0.1, 0.15) is 5.82 Å². The second-order valence-electron chi connectivity index (χ2n) is 6.71. The van der Waals surface area contributed by atoms with Crippen LogP contribution in [0.2, 0.25) is 0 Å². The lowest BCUT2D eigenvalue weighted by molar-refractivity contribution is 0.202. The number of hydrogen-bond acceptors (Lipinski definition) is 3. The summed E-state index contributed by atoms with van der Waals surface area (Å²) in [5.74, 6) is -0.120. The van der Waals surface area contributed by atoms with Gasteiger partial charge in [0, 0.05) is 42.5 Å². The predicted octanol–water partition coefficient (Wildman–Crippen LogP) is 2.39. The summed E-state index contributed by atoms with van der Waals surface area (Å²) < 4.78 is 14.3. The molecular formula is C17H26FN3. The van der Waals surface area contributed by atoms with Gasteiger partial charge in [0.25, 0.3) is 0 Å². The molecule has 2 N–H and O–H groups in total. The molecule has 2 aliphatic rings. The average molecular weight is 291 g/mol. The first-order valence-corrected chi connectivity index (χ1v) is 8.10.